The topological polar surface area (TPSA) is 28.1 Å². The summed E-state index contributed by atoms with van der Waals surface area (Å²) in [6, 6.07) is 0. The second-order valence-electron chi connectivity index (χ2n) is 4.49. The molecule has 0 saturated carbocycles. The van der Waals surface area contributed by atoms with Gasteiger partial charge in [-0.25, -0.2) is 0 Å². The van der Waals surface area contributed by atoms with E-state index in [2.05, 4.69) is 14.8 Å². The Morgan fingerprint density at radius 1 is 1.12 bits per heavy atom. The lowest BCUT2D eigenvalue weighted by molar-refractivity contribution is 0.0688. The summed E-state index contributed by atoms with van der Waals surface area (Å²) in [4.78, 5) is 8.77. The van der Waals surface area contributed by atoms with Crippen LogP contribution in [-0.4, -0.2) is 63.7 Å². The molecule has 1 heterocycles. The van der Waals surface area contributed by atoms with Crippen molar-refractivity contribution in [2.24, 2.45) is 10.9 Å². The molecule has 1 saturated heterocycles. The van der Waals surface area contributed by atoms with Crippen molar-refractivity contribution in [3.05, 3.63) is 0 Å². The minimum absolute atomic E-state index is 0. The number of halogens is 1. The summed E-state index contributed by atoms with van der Waals surface area (Å²) in [6.45, 7) is 2.73. The number of rotatable bonds is 2. The summed E-state index contributed by atoms with van der Waals surface area (Å²) < 4.78 is 5.33. The molecule has 4 nitrogen and oxygen atoms in total. The van der Waals surface area contributed by atoms with Gasteiger partial charge in [0.2, 0.25) is 0 Å². The minimum Gasteiger partial charge on any atom is -0.381 e. The molecule has 16 heavy (non-hydrogen) atoms. The molecule has 0 aromatic rings. The molecule has 0 aromatic carbocycles. The second-order valence-corrected chi connectivity index (χ2v) is 4.49. The van der Waals surface area contributed by atoms with Gasteiger partial charge in [0.25, 0.3) is 0 Å². The molecule has 0 spiro atoms. The molecule has 1 fully saturated rings. The predicted molar refractivity (Wildman–Crippen MR) is 78.6 cm³/mol. The second kappa shape index (κ2) is 8.11. The molecule has 1 aliphatic heterocycles. The van der Waals surface area contributed by atoms with E-state index in [1.165, 1.54) is 0 Å². The van der Waals surface area contributed by atoms with Crippen LogP contribution in [0.25, 0.3) is 0 Å². The highest BCUT2D eigenvalue weighted by Crippen LogP contribution is 2.14. The molecule has 0 unspecified atom stereocenters. The fraction of sp³-hybridized carbons (Fsp3) is 0.909. The van der Waals surface area contributed by atoms with Gasteiger partial charge in [-0.2, -0.15) is 0 Å². The van der Waals surface area contributed by atoms with Gasteiger partial charge in [0.05, 0.1) is 0 Å². The Kier molecular flexibility index (Phi) is 8.09. The predicted octanol–water partition coefficient (Wildman–Crippen LogP) is 1.51. The van der Waals surface area contributed by atoms with Crippen molar-refractivity contribution < 1.29 is 4.74 Å². The van der Waals surface area contributed by atoms with Gasteiger partial charge < -0.3 is 14.5 Å². The van der Waals surface area contributed by atoms with Gasteiger partial charge in [-0.15, -0.1) is 24.0 Å². The highest BCUT2D eigenvalue weighted by atomic mass is 127. The molecule has 0 radical (unpaired) electrons. The van der Waals surface area contributed by atoms with Gasteiger partial charge in [0, 0.05) is 47.9 Å². The lowest BCUT2D eigenvalue weighted by Gasteiger charge is -2.25. The van der Waals surface area contributed by atoms with Crippen LogP contribution < -0.4 is 0 Å². The van der Waals surface area contributed by atoms with E-state index in [0.29, 0.717) is 5.92 Å². The lowest BCUT2D eigenvalue weighted by Crippen LogP contribution is -2.36. The number of nitrogens with zero attached hydrogens (tertiary/aromatic N) is 3. The molecular weight excluding hydrogens is 317 g/mol. The van der Waals surface area contributed by atoms with E-state index in [1.54, 1.807) is 0 Å². The van der Waals surface area contributed by atoms with E-state index < -0.39 is 0 Å². The monoisotopic (exact) mass is 341 g/mol. The van der Waals surface area contributed by atoms with Gasteiger partial charge >= 0.3 is 0 Å². The van der Waals surface area contributed by atoms with Crippen molar-refractivity contribution in [2.45, 2.75) is 12.8 Å². The van der Waals surface area contributed by atoms with Gasteiger partial charge in [-0.1, -0.05) is 0 Å². The van der Waals surface area contributed by atoms with E-state index in [1.807, 2.05) is 28.2 Å². The molecule has 0 aliphatic carbocycles. The highest BCUT2D eigenvalue weighted by Gasteiger charge is 2.14. The Balaban J connectivity index is 0.00000225. The van der Waals surface area contributed by atoms with Crippen molar-refractivity contribution in [3.8, 4) is 0 Å². The highest BCUT2D eigenvalue weighted by molar-refractivity contribution is 14.0. The van der Waals surface area contributed by atoms with E-state index in [-0.39, 0.29) is 24.0 Å². The first kappa shape index (κ1) is 16.0. The van der Waals surface area contributed by atoms with Crippen molar-refractivity contribution in [1.29, 1.82) is 0 Å². The smallest absolute Gasteiger partial charge is 0.195 e. The van der Waals surface area contributed by atoms with Crippen molar-refractivity contribution in [1.82, 2.24) is 9.80 Å². The Labute approximate surface area is 116 Å². The molecule has 1 rings (SSSR count). The van der Waals surface area contributed by atoms with E-state index in [9.17, 15) is 0 Å². The van der Waals surface area contributed by atoms with Crippen LogP contribution >= 0.6 is 24.0 Å². The maximum atomic E-state index is 5.33. The maximum Gasteiger partial charge on any atom is 0.195 e. The molecular formula is C11H24IN3O. The van der Waals surface area contributed by atoms with Gasteiger partial charge in [0.1, 0.15) is 0 Å². The zero-order valence-corrected chi connectivity index (χ0v) is 13.1. The standard InChI is InChI=1S/C11H23N3O.HI/c1-13(2)11(14(3)4)12-9-10-5-7-15-8-6-10;/h10H,5-9H2,1-4H3;1H. The molecule has 1 aliphatic rings. The van der Waals surface area contributed by atoms with Crippen LogP contribution in [0.1, 0.15) is 12.8 Å². The average molecular weight is 341 g/mol. The zero-order chi connectivity index (χ0) is 11.3. The summed E-state index contributed by atoms with van der Waals surface area (Å²) in [5.41, 5.74) is 0. The van der Waals surface area contributed by atoms with E-state index in [0.717, 1.165) is 38.6 Å². The minimum atomic E-state index is 0. The molecule has 0 amide bonds. The fourth-order valence-electron chi connectivity index (χ4n) is 1.82. The summed E-state index contributed by atoms with van der Waals surface area (Å²) >= 11 is 0. The van der Waals surface area contributed by atoms with Crippen LogP contribution in [0.5, 0.6) is 0 Å². The molecule has 5 heteroatoms. The van der Waals surface area contributed by atoms with Crippen molar-refractivity contribution in [2.75, 3.05) is 47.9 Å². The number of hydrogen-bond acceptors (Lipinski definition) is 2. The quantitative estimate of drug-likeness (QED) is 0.433. The summed E-state index contributed by atoms with van der Waals surface area (Å²) in [5.74, 6) is 1.75. The number of ether oxygens (including phenoxy) is 1. The molecule has 0 atom stereocenters. The van der Waals surface area contributed by atoms with Crippen LogP contribution in [0, 0.1) is 5.92 Å². The first-order valence-electron chi connectivity index (χ1n) is 5.58. The molecule has 0 N–H and O–H groups in total. The molecule has 96 valence electrons. The van der Waals surface area contributed by atoms with Gasteiger partial charge in [-0.05, 0) is 18.8 Å². The van der Waals surface area contributed by atoms with Crippen LogP contribution in [0.2, 0.25) is 0 Å². The Morgan fingerprint density at radius 2 is 1.62 bits per heavy atom. The number of hydrogen-bond donors (Lipinski definition) is 0. The Hall–Kier alpha value is -0.0400. The normalized spacial score (nSPS) is 16.2. The number of guanidine groups is 1. The van der Waals surface area contributed by atoms with Crippen molar-refractivity contribution in [3.63, 3.8) is 0 Å². The fourth-order valence-corrected chi connectivity index (χ4v) is 1.82. The largest absolute Gasteiger partial charge is 0.381 e. The summed E-state index contributed by atoms with van der Waals surface area (Å²) in [5, 5.41) is 0. The van der Waals surface area contributed by atoms with Crippen molar-refractivity contribution >= 4 is 29.9 Å². The third-order valence-electron chi connectivity index (χ3n) is 2.63. The van der Waals surface area contributed by atoms with Crippen LogP contribution in [0.15, 0.2) is 4.99 Å². The van der Waals surface area contributed by atoms with Gasteiger partial charge in [0.15, 0.2) is 5.96 Å². The molecule has 0 bridgehead atoms. The summed E-state index contributed by atoms with van der Waals surface area (Å²) in [7, 11) is 8.12. The van der Waals surface area contributed by atoms with Crippen LogP contribution in [-0.2, 0) is 4.74 Å². The average Bonchev–Trinajstić information content (AvgIpc) is 2.18. The first-order chi connectivity index (χ1) is 7.11. The zero-order valence-electron chi connectivity index (χ0n) is 10.8. The number of aliphatic imine (C=N–C) groups is 1. The first-order valence-corrected chi connectivity index (χ1v) is 5.58. The molecule has 0 aromatic heterocycles. The summed E-state index contributed by atoms with van der Waals surface area (Å²) in [6.07, 6.45) is 2.30. The third-order valence-corrected chi connectivity index (χ3v) is 2.63. The lowest BCUT2D eigenvalue weighted by atomic mass is 10.0. The Bertz CT molecular complexity index is 203. The van der Waals surface area contributed by atoms with Crippen LogP contribution in [0.3, 0.4) is 0 Å². The third kappa shape index (κ3) is 5.34. The maximum absolute atomic E-state index is 5.33. The van der Waals surface area contributed by atoms with E-state index in [4.69, 9.17) is 4.74 Å². The SMILES string of the molecule is CN(C)C(=NCC1CCOCC1)N(C)C.I. The van der Waals surface area contributed by atoms with E-state index >= 15 is 0 Å². The van der Waals surface area contributed by atoms with Gasteiger partial charge in [-0.3, -0.25) is 4.99 Å². The Morgan fingerprint density at radius 3 is 2.06 bits per heavy atom. The van der Waals surface area contributed by atoms with Crippen LogP contribution in [0.4, 0.5) is 0 Å².